The van der Waals surface area contributed by atoms with Crippen LogP contribution in [0.25, 0.3) is 5.76 Å². The number of aliphatic hydroxyl groups is 1. The minimum absolute atomic E-state index is 0.00573. The first-order valence-electron chi connectivity index (χ1n) is 6.27. The molecule has 6 nitrogen and oxygen atoms in total. The first-order valence-corrected chi connectivity index (χ1v) is 9.23. The fraction of sp³-hybridized carbons (Fsp3) is 0.308. The molecule has 1 aliphatic heterocycles. The van der Waals surface area contributed by atoms with Crippen LogP contribution in [0.15, 0.2) is 34.9 Å². The second-order valence-corrected chi connectivity index (χ2v) is 7.48. The topological polar surface area (TPSA) is 86.7 Å². The lowest BCUT2D eigenvalue weighted by atomic mass is 10.1. The Bertz CT molecular complexity index is 700. The number of likely N-dealkylation sites (N-methyl/N-ethyl adjacent to an activating group) is 1. The average molecular weight is 422 g/mol. The summed E-state index contributed by atoms with van der Waals surface area (Å²) in [6.45, 7) is 0.425. The Morgan fingerprint density at radius 1 is 1.38 bits per heavy atom. The van der Waals surface area contributed by atoms with Crippen LogP contribution >= 0.6 is 22.6 Å². The van der Waals surface area contributed by atoms with Gasteiger partial charge in [-0.1, -0.05) is 34.7 Å². The monoisotopic (exact) mass is 422 g/mol. The number of alkyl halides is 1. The summed E-state index contributed by atoms with van der Waals surface area (Å²) in [5.41, 5.74) is -0.100. The van der Waals surface area contributed by atoms with Crippen LogP contribution in [-0.4, -0.2) is 41.8 Å². The van der Waals surface area contributed by atoms with Crippen LogP contribution in [0.1, 0.15) is 12.0 Å². The van der Waals surface area contributed by atoms with E-state index in [-0.39, 0.29) is 21.9 Å². The van der Waals surface area contributed by atoms with Crippen molar-refractivity contribution in [3.05, 3.63) is 35.5 Å². The van der Waals surface area contributed by atoms with Gasteiger partial charge in [-0.3, -0.25) is 9.10 Å². The molecule has 0 fully saturated rings. The SMILES string of the molecule is CN1C(C(=O)NCCCI)=C(O)c2ccccc2S1(=O)=O. The number of nitrogens with zero attached hydrogens (tertiary/aromatic N) is 1. The number of nitrogens with one attached hydrogen (secondary N) is 1. The third kappa shape index (κ3) is 2.86. The van der Waals surface area contributed by atoms with Crippen LogP contribution in [0.4, 0.5) is 0 Å². The van der Waals surface area contributed by atoms with Gasteiger partial charge in [0.2, 0.25) is 0 Å². The van der Waals surface area contributed by atoms with Crippen molar-refractivity contribution in [2.24, 2.45) is 0 Å². The number of hydrogen-bond donors (Lipinski definition) is 2. The maximum absolute atomic E-state index is 12.4. The molecule has 0 spiro atoms. The van der Waals surface area contributed by atoms with E-state index in [0.717, 1.165) is 15.2 Å². The molecule has 21 heavy (non-hydrogen) atoms. The molecule has 0 bridgehead atoms. The Labute approximate surface area is 137 Å². The molecule has 1 aliphatic rings. The van der Waals surface area contributed by atoms with Gasteiger partial charge in [-0.25, -0.2) is 8.42 Å². The number of rotatable bonds is 4. The second kappa shape index (κ2) is 6.22. The first-order chi connectivity index (χ1) is 9.91. The van der Waals surface area contributed by atoms with Crippen molar-refractivity contribution in [1.82, 2.24) is 9.62 Å². The molecule has 1 heterocycles. The quantitative estimate of drug-likeness (QED) is 0.438. The van der Waals surface area contributed by atoms with Gasteiger partial charge in [0, 0.05) is 23.6 Å². The molecule has 8 heteroatoms. The molecule has 1 amide bonds. The van der Waals surface area contributed by atoms with Gasteiger partial charge in [-0.05, 0) is 18.6 Å². The number of aliphatic hydroxyl groups excluding tert-OH is 1. The Morgan fingerprint density at radius 2 is 2.05 bits per heavy atom. The van der Waals surface area contributed by atoms with Crippen molar-refractivity contribution >= 4 is 44.3 Å². The molecule has 114 valence electrons. The zero-order valence-electron chi connectivity index (χ0n) is 11.3. The Morgan fingerprint density at radius 3 is 2.71 bits per heavy atom. The fourth-order valence-corrected chi connectivity index (χ4v) is 3.81. The van der Waals surface area contributed by atoms with Crippen LogP contribution in [0.5, 0.6) is 0 Å². The van der Waals surface area contributed by atoms with E-state index < -0.39 is 15.9 Å². The van der Waals surface area contributed by atoms with Gasteiger partial charge in [-0.15, -0.1) is 0 Å². The molecule has 2 rings (SSSR count). The predicted molar refractivity (Wildman–Crippen MR) is 87.5 cm³/mol. The van der Waals surface area contributed by atoms with E-state index in [1.54, 1.807) is 12.1 Å². The number of carbonyl (C=O) groups is 1. The van der Waals surface area contributed by atoms with E-state index in [1.165, 1.54) is 19.2 Å². The maximum atomic E-state index is 12.4. The lowest BCUT2D eigenvalue weighted by Crippen LogP contribution is -2.40. The fourth-order valence-electron chi connectivity index (χ4n) is 2.03. The predicted octanol–water partition coefficient (Wildman–Crippen LogP) is 1.49. The highest BCUT2D eigenvalue weighted by Crippen LogP contribution is 2.34. The highest BCUT2D eigenvalue weighted by Gasteiger charge is 2.37. The number of carbonyl (C=O) groups excluding carboxylic acids is 1. The molecule has 0 aromatic heterocycles. The summed E-state index contributed by atoms with van der Waals surface area (Å²) in [6, 6.07) is 6.07. The summed E-state index contributed by atoms with van der Waals surface area (Å²) in [5.74, 6) is -0.923. The van der Waals surface area contributed by atoms with Gasteiger partial charge in [0.15, 0.2) is 11.5 Å². The van der Waals surface area contributed by atoms with Crippen molar-refractivity contribution in [1.29, 1.82) is 0 Å². The average Bonchev–Trinajstić information content (AvgIpc) is 2.46. The molecule has 2 N–H and O–H groups in total. The smallest absolute Gasteiger partial charge is 0.272 e. The summed E-state index contributed by atoms with van der Waals surface area (Å²) in [5, 5.41) is 12.9. The van der Waals surface area contributed by atoms with Crippen molar-refractivity contribution < 1.29 is 18.3 Å². The highest BCUT2D eigenvalue weighted by molar-refractivity contribution is 14.1. The summed E-state index contributed by atoms with van der Waals surface area (Å²) in [4.78, 5) is 12.1. The van der Waals surface area contributed by atoms with E-state index in [2.05, 4.69) is 27.9 Å². The maximum Gasteiger partial charge on any atom is 0.272 e. The molecule has 0 atom stereocenters. The molecular formula is C13H15IN2O4S. The first kappa shape index (κ1) is 16.1. The largest absolute Gasteiger partial charge is 0.505 e. The second-order valence-electron chi connectivity index (χ2n) is 4.46. The zero-order valence-corrected chi connectivity index (χ0v) is 14.3. The lowest BCUT2D eigenvalue weighted by Gasteiger charge is -2.28. The molecule has 0 unspecified atom stereocenters. The number of halogens is 1. The van der Waals surface area contributed by atoms with Crippen LogP contribution in [0.3, 0.4) is 0 Å². The van der Waals surface area contributed by atoms with Crippen LogP contribution in [0.2, 0.25) is 0 Å². The number of benzene rings is 1. The number of amides is 1. The van der Waals surface area contributed by atoms with Crippen LogP contribution in [0, 0.1) is 0 Å². The van der Waals surface area contributed by atoms with Crippen molar-refractivity contribution in [3.8, 4) is 0 Å². The van der Waals surface area contributed by atoms with E-state index >= 15 is 0 Å². The highest BCUT2D eigenvalue weighted by atomic mass is 127. The van der Waals surface area contributed by atoms with Gasteiger partial charge in [0.25, 0.3) is 15.9 Å². The van der Waals surface area contributed by atoms with Gasteiger partial charge in [-0.2, -0.15) is 0 Å². The van der Waals surface area contributed by atoms with E-state index in [1.807, 2.05) is 0 Å². The van der Waals surface area contributed by atoms with E-state index in [4.69, 9.17) is 0 Å². The molecule has 0 saturated heterocycles. The summed E-state index contributed by atoms with van der Waals surface area (Å²) in [7, 11) is -2.57. The molecule has 1 aromatic rings. The molecular weight excluding hydrogens is 407 g/mol. The Balaban J connectivity index is 2.48. The molecule has 0 radical (unpaired) electrons. The van der Waals surface area contributed by atoms with Crippen LogP contribution in [-0.2, 0) is 14.8 Å². The molecule has 0 saturated carbocycles. The minimum atomic E-state index is -3.83. The van der Waals surface area contributed by atoms with Gasteiger partial charge in [0.05, 0.1) is 4.90 Å². The van der Waals surface area contributed by atoms with Gasteiger partial charge in [0.1, 0.15) is 0 Å². The van der Waals surface area contributed by atoms with Gasteiger partial charge < -0.3 is 10.4 Å². The summed E-state index contributed by atoms with van der Waals surface area (Å²) < 4.78 is 26.5. The molecule has 0 aliphatic carbocycles. The van der Waals surface area contributed by atoms with Gasteiger partial charge >= 0.3 is 0 Å². The number of hydrogen-bond acceptors (Lipinski definition) is 4. The molecule has 1 aromatic carbocycles. The summed E-state index contributed by atoms with van der Waals surface area (Å²) in [6.07, 6.45) is 0.771. The Kier molecular flexibility index (Phi) is 4.77. The zero-order chi connectivity index (χ0) is 15.6. The van der Waals surface area contributed by atoms with E-state index in [0.29, 0.717) is 6.54 Å². The van der Waals surface area contributed by atoms with Crippen LogP contribution < -0.4 is 5.32 Å². The van der Waals surface area contributed by atoms with Crippen molar-refractivity contribution in [2.45, 2.75) is 11.3 Å². The minimum Gasteiger partial charge on any atom is -0.505 e. The number of fused-ring (bicyclic) bond motifs is 1. The third-order valence-electron chi connectivity index (χ3n) is 3.13. The third-order valence-corrected chi connectivity index (χ3v) is 5.71. The standard InChI is InChI=1S/C13H15IN2O4S/c1-16-11(13(18)15-8-4-7-14)12(17)9-5-2-3-6-10(9)21(16,19)20/h2-3,5-6,17H,4,7-8H2,1H3,(H,15,18). The normalized spacial score (nSPS) is 16.6. The Hall–Kier alpha value is -1.29. The number of sulfonamides is 1. The van der Waals surface area contributed by atoms with Crippen molar-refractivity contribution in [2.75, 3.05) is 18.0 Å². The lowest BCUT2D eigenvalue weighted by molar-refractivity contribution is -0.118. The van der Waals surface area contributed by atoms with Crippen molar-refractivity contribution in [3.63, 3.8) is 0 Å². The van der Waals surface area contributed by atoms with E-state index in [9.17, 15) is 18.3 Å². The summed E-state index contributed by atoms with van der Waals surface area (Å²) >= 11 is 2.18.